The zero-order valence-electron chi connectivity index (χ0n) is 15.6. The van der Waals surface area contributed by atoms with E-state index in [-0.39, 0.29) is 17.8 Å². The Morgan fingerprint density at radius 2 is 1.89 bits per heavy atom. The number of nitrogens with zero attached hydrogens (tertiary/aromatic N) is 3. The maximum absolute atomic E-state index is 13.1. The summed E-state index contributed by atoms with van der Waals surface area (Å²) in [5, 5.41) is 11.2. The number of halogens is 1. The lowest BCUT2D eigenvalue weighted by atomic mass is 9.98. The van der Waals surface area contributed by atoms with Crippen LogP contribution in [0.1, 0.15) is 30.2 Å². The van der Waals surface area contributed by atoms with Crippen LogP contribution in [-0.2, 0) is 0 Å². The van der Waals surface area contributed by atoms with E-state index in [0.29, 0.717) is 30.4 Å². The van der Waals surface area contributed by atoms with Gasteiger partial charge in [-0.05, 0) is 56.2 Å². The van der Waals surface area contributed by atoms with Crippen molar-refractivity contribution in [1.82, 2.24) is 15.1 Å². The lowest BCUT2D eigenvalue weighted by molar-refractivity contribution is 0.187. The first kappa shape index (κ1) is 18.2. The number of urea groups is 1. The number of carbonyl (C=O) groups is 1. The number of anilines is 1. The van der Waals surface area contributed by atoms with Crippen LogP contribution in [0.5, 0.6) is 0 Å². The van der Waals surface area contributed by atoms with Crippen LogP contribution in [-0.4, -0.2) is 34.2 Å². The van der Waals surface area contributed by atoms with E-state index in [1.807, 2.05) is 31.2 Å². The van der Waals surface area contributed by atoms with Crippen LogP contribution < -0.4 is 5.32 Å². The molecule has 1 saturated heterocycles. The highest BCUT2D eigenvalue weighted by atomic mass is 19.1. The second-order valence-electron chi connectivity index (χ2n) is 7.03. The van der Waals surface area contributed by atoms with E-state index in [2.05, 4.69) is 15.5 Å². The predicted octanol–water partition coefficient (Wildman–Crippen LogP) is 4.60. The number of aryl methyl sites for hydroxylation is 1. The van der Waals surface area contributed by atoms with Gasteiger partial charge in [-0.15, -0.1) is 10.2 Å². The van der Waals surface area contributed by atoms with E-state index >= 15 is 0 Å². The third-order valence-electron chi connectivity index (χ3n) is 4.89. The van der Waals surface area contributed by atoms with Gasteiger partial charge in [0.25, 0.3) is 0 Å². The van der Waals surface area contributed by atoms with E-state index in [4.69, 9.17) is 4.42 Å². The van der Waals surface area contributed by atoms with Crippen LogP contribution in [0.3, 0.4) is 0 Å². The topological polar surface area (TPSA) is 71.3 Å². The van der Waals surface area contributed by atoms with Gasteiger partial charge in [0.05, 0.1) is 5.92 Å². The van der Waals surface area contributed by atoms with Crippen molar-refractivity contribution in [2.24, 2.45) is 0 Å². The molecule has 28 heavy (non-hydrogen) atoms. The molecule has 6 nitrogen and oxygen atoms in total. The minimum Gasteiger partial charge on any atom is -0.420 e. The summed E-state index contributed by atoms with van der Waals surface area (Å²) >= 11 is 0. The zero-order valence-corrected chi connectivity index (χ0v) is 15.6. The van der Waals surface area contributed by atoms with Crippen LogP contribution in [0, 0.1) is 12.7 Å². The first-order valence-electron chi connectivity index (χ1n) is 9.30. The molecular formula is C21H21FN4O2. The maximum atomic E-state index is 13.1. The van der Waals surface area contributed by atoms with E-state index < -0.39 is 0 Å². The summed E-state index contributed by atoms with van der Waals surface area (Å²) in [6.45, 7) is 3.21. The molecule has 144 valence electrons. The monoisotopic (exact) mass is 380 g/mol. The Balaban J connectivity index is 1.43. The maximum Gasteiger partial charge on any atom is 0.321 e. The Kier molecular flexibility index (Phi) is 5.06. The number of hydrogen-bond donors (Lipinski definition) is 1. The molecule has 3 aromatic rings. The molecule has 2 heterocycles. The number of likely N-dealkylation sites (tertiary alicyclic amines) is 1. The van der Waals surface area contributed by atoms with E-state index in [0.717, 1.165) is 24.1 Å². The number of carbonyl (C=O) groups excluding carboxylic acids is 1. The quantitative estimate of drug-likeness (QED) is 0.721. The molecule has 1 aliphatic heterocycles. The van der Waals surface area contributed by atoms with Gasteiger partial charge in [-0.25, -0.2) is 9.18 Å². The predicted molar refractivity (Wildman–Crippen MR) is 103 cm³/mol. The highest BCUT2D eigenvalue weighted by molar-refractivity contribution is 5.89. The molecule has 0 saturated carbocycles. The Labute approximate surface area is 162 Å². The molecule has 7 heteroatoms. The number of aromatic nitrogens is 2. The van der Waals surface area contributed by atoms with Crippen LogP contribution in [0.25, 0.3) is 11.5 Å². The molecule has 4 rings (SSSR count). The van der Waals surface area contributed by atoms with Crippen LogP contribution in [0.15, 0.2) is 52.9 Å². The number of benzene rings is 2. The lowest BCUT2D eigenvalue weighted by Gasteiger charge is -2.31. The van der Waals surface area contributed by atoms with Crippen molar-refractivity contribution in [3.05, 3.63) is 65.8 Å². The fourth-order valence-electron chi connectivity index (χ4n) is 3.31. The molecule has 1 unspecified atom stereocenters. The summed E-state index contributed by atoms with van der Waals surface area (Å²) in [7, 11) is 0. The average Bonchev–Trinajstić information content (AvgIpc) is 3.21. The second-order valence-corrected chi connectivity index (χ2v) is 7.03. The normalized spacial score (nSPS) is 16.8. The fourth-order valence-corrected chi connectivity index (χ4v) is 3.31. The second kappa shape index (κ2) is 7.80. The van der Waals surface area contributed by atoms with Crippen LogP contribution in [0.2, 0.25) is 0 Å². The Hall–Kier alpha value is -3.22. The van der Waals surface area contributed by atoms with Crippen molar-refractivity contribution in [1.29, 1.82) is 0 Å². The molecular weight excluding hydrogens is 359 g/mol. The Bertz CT molecular complexity index is 953. The zero-order chi connectivity index (χ0) is 19.5. The SMILES string of the molecule is Cc1ccc(NC(=O)N2CCCC(c3nnc(-c4ccc(F)cc4)o3)C2)cc1. The lowest BCUT2D eigenvalue weighted by Crippen LogP contribution is -2.41. The number of rotatable bonds is 3. The van der Waals surface area contributed by atoms with Gasteiger partial charge in [0.15, 0.2) is 0 Å². The highest BCUT2D eigenvalue weighted by Crippen LogP contribution is 2.29. The molecule has 1 aliphatic rings. The number of hydrogen-bond acceptors (Lipinski definition) is 4. The molecule has 0 bridgehead atoms. The molecule has 1 aromatic heterocycles. The van der Waals surface area contributed by atoms with Crippen molar-refractivity contribution in [2.75, 3.05) is 18.4 Å². The molecule has 1 atom stereocenters. The van der Waals surface area contributed by atoms with E-state index in [1.165, 1.54) is 12.1 Å². The Morgan fingerprint density at radius 1 is 1.14 bits per heavy atom. The molecule has 0 radical (unpaired) electrons. The molecule has 0 spiro atoms. The van der Waals surface area contributed by atoms with Gasteiger partial charge in [-0.1, -0.05) is 17.7 Å². The van der Waals surface area contributed by atoms with E-state index in [9.17, 15) is 9.18 Å². The summed E-state index contributed by atoms with van der Waals surface area (Å²) < 4.78 is 18.9. The van der Waals surface area contributed by atoms with Gasteiger partial charge in [0, 0.05) is 24.3 Å². The molecule has 1 fully saturated rings. The molecule has 2 amide bonds. The van der Waals surface area contributed by atoms with Crippen molar-refractivity contribution in [3.8, 4) is 11.5 Å². The number of nitrogens with one attached hydrogen (secondary N) is 1. The summed E-state index contributed by atoms with van der Waals surface area (Å²) in [4.78, 5) is 14.4. The van der Waals surface area contributed by atoms with Gasteiger partial charge < -0.3 is 14.6 Å². The summed E-state index contributed by atoms with van der Waals surface area (Å²) in [5.74, 6) is 0.536. The van der Waals surface area contributed by atoms with E-state index in [1.54, 1.807) is 17.0 Å². The molecule has 1 N–H and O–H groups in total. The van der Waals surface area contributed by atoms with Crippen molar-refractivity contribution in [2.45, 2.75) is 25.7 Å². The minimum atomic E-state index is -0.314. The Morgan fingerprint density at radius 3 is 2.64 bits per heavy atom. The van der Waals surface area contributed by atoms with Gasteiger partial charge in [-0.2, -0.15) is 0 Å². The summed E-state index contributed by atoms with van der Waals surface area (Å²) in [5.41, 5.74) is 2.59. The van der Waals surface area contributed by atoms with Crippen molar-refractivity contribution < 1.29 is 13.6 Å². The summed E-state index contributed by atoms with van der Waals surface area (Å²) in [6, 6.07) is 13.5. The standard InChI is InChI=1S/C21H21FN4O2/c1-14-4-10-18(11-5-14)23-21(27)26-12-2-3-16(13-26)20-25-24-19(28-20)15-6-8-17(22)9-7-15/h4-11,16H,2-3,12-13H2,1H3,(H,23,27). The molecule has 2 aromatic carbocycles. The first-order chi connectivity index (χ1) is 13.6. The smallest absolute Gasteiger partial charge is 0.321 e. The number of piperidine rings is 1. The molecule has 0 aliphatic carbocycles. The van der Waals surface area contributed by atoms with Crippen LogP contribution >= 0.6 is 0 Å². The summed E-state index contributed by atoms with van der Waals surface area (Å²) in [6.07, 6.45) is 1.74. The minimum absolute atomic E-state index is 0.0146. The highest BCUT2D eigenvalue weighted by Gasteiger charge is 2.28. The first-order valence-corrected chi connectivity index (χ1v) is 9.30. The largest absolute Gasteiger partial charge is 0.420 e. The van der Waals surface area contributed by atoms with Crippen molar-refractivity contribution in [3.63, 3.8) is 0 Å². The fraction of sp³-hybridized carbons (Fsp3) is 0.286. The van der Waals surface area contributed by atoms with Gasteiger partial charge >= 0.3 is 6.03 Å². The van der Waals surface area contributed by atoms with Gasteiger partial charge in [0.2, 0.25) is 11.8 Å². The average molecular weight is 380 g/mol. The third-order valence-corrected chi connectivity index (χ3v) is 4.89. The van der Waals surface area contributed by atoms with Gasteiger partial charge in [-0.3, -0.25) is 0 Å². The number of amides is 2. The van der Waals surface area contributed by atoms with Crippen LogP contribution in [0.4, 0.5) is 14.9 Å². The van der Waals surface area contributed by atoms with Gasteiger partial charge in [0.1, 0.15) is 5.82 Å². The third kappa shape index (κ3) is 4.03. The van der Waals surface area contributed by atoms with Crippen molar-refractivity contribution >= 4 is 11.7 Å².